The fourth-order valence-corrected chi connectivity index (χ4v) is 2.92. The van der Waals surface area contributed by atoms with Crippen LogP contribution in [0.3, 0.4) is 0 Å². The Hall–Kier alpha value is -2.14. The summed E-state index contributed by atoms with van der Waals surface area (Å²) in [4.78, 5) is 12.9. The van der Waals surface area contributed by atoms with E-state index in [1.165, 1.54) is 11.3 Å². The quantitative estimate of drug-likeness (QED) is 0.761. The summed E-state index contributed by atoms with van der Waals surface area (Å²) in [6.07, 6.45) is 0. The van der Waals surface area contributed by atoms with Crippen molar-refractivity contribution >= 4 is 33.1 Å². The molecule has 21 heavy (non-hydrogen) atoms. The average molecular weight is 300 g/mol. The molecule has 0 atom stereocenters. The van der Waals surface area contributed by atoms with Crippen molar-refractivity contribution in [2.24, 2.45) is 0 Å². The first-order valence-electron chi connectivity index (χ1n) is 6.70. The van der Waals surface area contributed by atoms with Crippen LogP contribution in [-0.4, -0.2) is 11.1 Å². The highest BCUT2D eigenvalue weighted by Crippen LogP contribution is 2.27. The van der Waals surface area contributed by atoms with Gasteiger partial charge < -0.3 is 9.84 Å². The molecule has 0 spiro atoms. The van der Waals surface area contributed by atoms with Crippen LogP contribution in [0.2, 0.25) is 0 Å². The topological polar surface area (TPSA) is 55.1 Å². The Morgan fingerprint density at radius 3 is 2.67 bits per heavy atom. The lowest BCUT2D eigenvalue weighted by atomic mass is 9.93. The standard InChI is InChI=1S/C16H16N2O2S/c1-16(2,3)13-9-14(18-20-13)17-15(19)12-8-10-6-4-5-7-11(10)21-12/h4-9H,1-3H3,(H,17,18,19). The molecule has 0 saturated heterocycles. The van der Waals surface area contributed by atoms with E-state index in [-0.39, 0.29) is 11.3 Å². The van der Waals surface area contributed by atoms with E-state index in [1.54, 1.807) is 6.07 Å². The maximum absolute atomic E-state index is 12.3. The second-order valence-corrected chi connectivity index (χ2v) is 7.01. The van der Waals surface area contributed by atoms with Crippen molar-refractivity contribution in [3.8, 4) is 0 Å². The maximum atomic E-state index is 12.3. The second kappa shape index (κ2) is 5.00. The van der Waals surface area contributed by atoms with Crippen LogP contribution in [0.1, 0.15) is 36.2 Å². The fraction of sp³-hybridized carbons (Fsp3) is 0.250. The minimum Gasteiger partial charge on any atom is -0.359 e. The monoisotopic (exact) mass is 300 g/mol. The van der Waals surface area contributed by atoms with Gasteiger partial charge in [-0.05, 0) is 17.5 Å². The predicted octanol–water partition coefficient (Wildman–Crippen LogP) is 4.44. The number of anilines is 1. The molecule has 1 aromatic carbocycles. The molecule has 0 bridgehead atoms. The summed E-state index contributed by atoms with van der Waals surface area (Å²) < 4.78 is 6.36. The molecule has 0 unspecified atom stereocenters. The Morgan fingerprint density at radius 1 is 1.24 bits per heavy atom. The van der Waals surface area contributed by atoms with Gasteiger partial charge in [0.2, 0.25) is 0 Å². The molecule has 0 aliphatic carbocycles. The number of rotatable bonds is 2. The van der Waals surface area contributed by atoms with Crippen molar-refractivity contribution in [2.45, 2.75) is 26.2 Å². The SMILES string of the molecule is CC(C)(C)c1cc(NC(=O)c2cc3ccccc3s2)no1. The Balaban J connectivity index is 1.81. The van der Waals surface area contributed by atoms with E-state index in [0.717, 1.165) is 15.8 Å². The molecule has 108 valence electrons. The molecule has 2 aromatic heterocycles. The second-order valence-electron chi connectivity index (χ2n) is 5.93. The number of amides is 1. The van der Waals surface area contributed by atoms with Crippen LogP contribution in [0, 0.1) is 0 Å². The Labute approximate surface area is 126 Å². The number of carbonyl (C=O) groups excluding carboxylic acids is 1. The molecular weight excluding hydrogens is 284 g/mol. The van der Waals surface area contributed by atoms with Crippen molar-refractivity contribution in [1.29, 1.82) is 0 Å². The molecule has 4 nitrogen and oxygen atoms in total. The van der Waals surface area contributed by atoms with Crippen LogP contribution < -0.4 is 5.32 Å². The first kappa shape index (κ1) is 13.8. The summed E-state index contributed by atoms with van der Waals surface area (Å²) in [5.74, 6) is 1.03. The molecule has 0 aliphatic heterocycles. The Bertz CT molecular complexity index is 763. The zero-order valence-electron chi connectivity index (χ0n) is 12.1. The molecular formula is C16H16N2O2S. The van der Waals surface area contributed by atoms with E-state index in [2.05, 4.69) is 10.5 Å². The third-order valence-corrected chi connectivity index (χ3v) is 4.26. The highest BCUT2D eigenvalue weighted by Gasteiger charge is 2.20. The minimum atomic E-state index is -0.162. The van der Waals surface area contributed by atoms with E-state index in [0.29, 0.717) is 10.7 Å². The van der Waals surface area contributed by atoms with E-state index in [4.69, 9.17) is 4.52 Å². The largest absolute Gasteiger partial charge is 0.359 e. The van der Waals surface area contributed by atoms with Gasteiger partial charge in [-0.3, -0.25) is 4.79 Å². The van der Waals surface area contributed by atoms with Crippen LogP contribution in [0.5, 0.6) is 0 Å². The highest BCUT2D eigenvalue weighted by atomic mass is 32.1. The number of nitrogens with zero attached hydrogens (tertiary/aromatic N) is 1. The van der Waals surface area contributed by atoms with Gasteiger partial charge in [-0.2, -0.15) is 0 Å². The van der Waals surface area contributed by atoms with Gasteiger partial charge >= 0.3 is 0 Å². The summed E-state index contributed by atoms with van der Waals surface area (Å²) in [6.45, 7) is 6.10. The van der Waals surface area contributed by atoms with Gasteiger partial charge in [-0.15, -0.1) is 11.3 Å². The van der Waals surface area contributed by atoms with Crippen LogP contribution >= 0.6 is 11.3 Å². The predicted molar refractivity (Wildman–Crippen MR) is 85.0 cm³/mol. The molecule has 3 aromatic rings. The number of hydrogen-bond donors (Lipinski definition) is 1. The van der Waals surface area contributed by atoms with Crippen LogP contribution in [0.25, 0.3) is 10.1 Å². The van der Waals surface area contributed by atoms with Gasteiger partial charge in [0.1, 0.15) is 5.76 Å². The van der Waals surface area contributed by atoms with Crippen LogP contribution in [-0.2, 0) is 5.41 Å². The molecule has 1 N–H and O–H groups in total. The fourth-order valence-electron chi connectivity index (χ4n) is 1.96. The third-order valence-electron chi connectivity index (χ3n) is 3.14. The number of nitrogens with one attached hydrogen (secondary N) is 1. The summed E-state index contributed by atoms with van der Waals surface area (Å²) in [6, 6.07) is 11.6. The van der Waals surface area contributed by atoms with Gasteiger partial charge in [0.25, 0.3) is 5.91 Å². The summed E-state index contributed by atoms with van der Waals surface area (Å²) in [7, 11) is 0. The van der Waals surface area contributed by atoms with Crippen LogP contribution in [0.4, 0.5) is 5.82 Å². The van der Waals surface area contributed by atoms with E-state index in [9.17, 15) is 4.79 Å². The van der Waals surface area contributed by atoms with Crippen molar-refractivity contribution in [3.63, 3.8) is 0 Å². The van der Waals surface area contributed by atoms with Crippen LogP contribution in [0.15, 0.2) is 40.9 Å². The Kier molecular flexibility index (Phi) is 3.29. The lowest BCUT2D eigenvalue weighted by Crippen LogP contribution is -2.11. The molecule has 0 aliphatic rings. The number of fused-ring (bicyclic) bond motifs is 1. The zero-order valence-corrected chi connectivity index (χ0v) is 13.0. The molecule has 0 saturated carbocycles. The zero-order chi connectivity index (χ0) is 15.0. The average Bonchev–Trinajstić information content (AvgIpc) is 3.03. The van der Waals surface area contributed by atoms with E-state index in [1.807, 2.05) is 51.1 Å². The minimum absolute atomic E-state index is 0.131. The Morgan fingerprint density at radius 2 is 2.00 bits per heavy atom. The number of hydrogen-bond acceptors (Lipinski definition) is 4. The molecule has 1 amide bonds. The van der Waals surface area contributed by atoms with Gasteiger partial charge in [-0.25, -0.2) is 0 Å². The molecule has 0 radical (unpaired) electrons. The highest BCUT2D eigenvalue weighted by molar-refractivity contribution is 7.20. The van der Waals surface area contributed by atoms with Gasteiger partial charge in [0, 0.05) is 16.2 Å². The maximum Gasteiger partial charge on any atom is 0.267 e. The van der Waals surface area contributed by atoms with E-state index >= 15 is 0 Å². The van der Waals surface area contributed by atoms with Gasteiger partial charge in [0.05, 0.1) is 4.88 Å². The molecule has 2 heterocycles. The third kappa shape index (κ3) is 2.83. The number of carbonyl (C=O) groups is 1. The normalized spacial score (nSPS) is 11.8. The summed E-state index contributed by atoms with van der Waals surface area (Å²) in [5, 5.41) is 7.75. The van der Waals surface area contributed by atoms with Gasteiger partial charge in [-0.1, -0.05) is 44.1 Å². The first-order chi connectivity index (χ1) is 9.93. The van der Waals surface area contributed by atoms with Crippen molar-refractivity contribution < 1.29 is 9.32 Å². The molecule has 0 fully saturated rings. The van der Waals surface area contributed by atoms with Gasteiger partial charge in [0.15, 0.2) is 5.82 Å². The lowest BCUT2D eigenvalue weighted by Gasteiger charge is -2.11. The number of thiophene rings is 1. The van der Waals surface area contributed by atoms with E-state index < -0.39 is 0 Å². The lowest BCUT2D eigenvalue weighted by molar-refractivity contribution is 0.102. The summed E-state index contributed by atoms with van der Waals surface area (Å²) in [5.41, 5.74) is -0.131. The summed E-state index contributed by atoms with van der Waals surface area (Å²) >= 11 is 1.47. The van der Waals surface area contributed by atoms with Crippen molar-refractivity contribution in [1.82, 2.24) is 5.16 Å². The first-order valence-corrected chi connectivity index (χ1v) is 7.52. The molecule has 5 heteroatoms. The van der Waals surface area contributed by atoms with Crippen molar-refractivity contribution in [2.75, 3.05) is 5.32 Å². The number of aromatic nitrogens is 1. The smallest absolute Gasteiger partial charge is 0.267 e. The molecule has 3 rings (SSSR count). The van der Waals surface area contributed by atoms with Crippen molar-refractivity contribution in [3.05, 3.63) is 47.0 Å². The number of benzene rings is 1.